The second-order valence-corrected chi connectivity index (χ2v) is 8.64. The van der Waals surface area contributed by atoms with Crippen LogP contribution in [0, 0.1) is 0 Å². The summed E-state index contributed by atoms with van der Waals surface area (Å²) in [5, 5.41) is 12.9. The lowest BCUT2D eigenvalue weighted by atomic mass is 10.1. The van der Waals surface area contributed by atoms with Gasteiger partial charge in [-0.1, -0.05) is 72.4 Å². The molecule has 0 unspecified atom stereocenters. The zero-order chi connectivity index (χ0) is 21.9. The first-order chi connectivity index (χ1) is 15.7. The van der Waals surface area contributed by atoms with Gasteiger partial charge >= 0.3 is 0 Å². The summed E-state index contributed by atoms with van der Waals surface area (Å²) in [6.45, 7) is 0. The molecule has 4 aromatic rings. The fourth-order valence-electron chi connectivity index (χ4n) is 3.53. The zero-order valence-corrected chi connectivity index (χ0v) is 18.7. The normalized spacial score (nSPS) is 14.4. The summed E-state index contributed by atoms with van der Waals surface area (Å²) < 4.78 is 6.37. The minimum absolute atomic E-state index is 0.391. The van der Waals surface area contributed by atoms with Gasteiger partial charge in [-0.25, -0.2) is 0 Å². The first kappa shape index (κ1) is 20.3. The van der Waals surface area contributed by atoms with Crippen LogP contribution in [0.4, 0.5) is 11.4 Å². The number of anilines is 2. The minimum Gasteiger partial charge on any atom is -0.448 e. The molecule has 0 spiro atoms. The fraction of sp³-hybridized carbons (Fsp3) is 0.160. The van der Waals surface area contributed by atoms with Crippen LogP contribution in [0.15, 0.2) is 84.0 Å². The van der Waals surface area contributed by atoms with Crippen LogP contribution in [-0.4, -0.2) is 29.3 Å². The zero-order valence-electron chi connectivity index (χ0n) is 17.9. The topological polar surface area (TPSA) is 63.2 Å². The van der Waals surface area contributed by atoms with Crippen molar-refractivity contribution in [3.63, 3.8) is 0 Å². The summed E-state index contributed by atoms with van der Waals surface area (Å²) in [7, 11) is 4.05. The summed E-state index contributed by atoms with van der Waals surface area (Å²) >= 11 is 1.55. The molecule has 0 radical (unpaired) electrons. The highest BCUT2D eigenvalue weighted by Crippen LogP contribution is 2.39. The average Bonchev–Trinajstić information content (AvgIpc) is 3.00. The Morgan fingerprint density at radius 1 is 0.906 bits per heavy atom. The smallest absolute Gasteiger partial charge is 0.247 e. The Morgan fingerprint density at radius 3 is 2.44 bits per heavy atom. The van der Waals surface area contributed by atoms with Crippen LogP contribution in [0.3, 0.4) is 0 Å². The minimum atomic E-state index is -0.391. The van der Waals surface area contributed by atoms with Crippen LogP contribution < -0.4 is 15.0 Å². The number of hydrogen-bond donors (Lipinski definition) is 1. The van der Waals surface area contributed by atoms with Gasteiger partial charge < -0.3 is 15.0 Å². The van der Waals surface area contributed by atoms with Gasteiger partial charge in [0.1, 0.15) is 0 Å². The molecule has 0 bridgehead atoms. The highest BCUT2D eigenvalue weighted by atomic mass is 32.2. The van der Waals surface area contributed by atoms with Gasteiger partial charge in [0.15, 0.2) is 11.9 Å². The molecule has 0 fully saturated rings. The molecule has 3 aromatic carbocycles. The molecule has 1 N–H and O–H groups in total. The van der Waals surface area contributed by atoms with Crippen LogP contribution >= 0.6 is 11.8 Å². The quantitative estimate of drug-likeness (QED) is 0.416. The van der Waals surface area contributed by atoms with Crippen LogP contribution in [0.5, 0.6) is 5.88 Å². The van der Waals surface area contributed by atoms with Gasteiger partial charge in [0.05, 0.1) is 0 Å². The van der Waals surface area contributed by atoms with E-state index in [0.717, 1.165) is 28.3 Å². The van der Waals surface area contributed by atoms with E-state index in [2.05, 4.69) is 56.8 Å². The number of hydrogen-bond acceptors (Lipinski definition) is 7. The summed E-state index contributed by atoms with van der Waals surface area (Å²) in [6.07, 6.45) is -0.391. The maximum atomic E-state index is 6.37. The van der Waals surface area contributed by atoms with Gasteiger partial charge in [0, 0.05) is 42.3 Å². The predicted octanol–water partition coefficient (Wildman–Crippen LogP) is 5.40. The van der Waals surface area contributed by atoms with Crippen LogP contribution in [0.2, 0.25) is 0 Å². The molecule has 0 aliphatic carbocycles. The van der Waals surface area contributed by atoms with Crippen LogP contribution in [0.25, 0.3) is 11.3 Å². The van der Waals surface area contributed by atoms with Crippen LogP contribution in [-0.2, 0) is 5.75 Å². The monoisotopic (exact) mass is 441 g/mol. The Morgan fingerprint density at radius 2 is 1.66 bits per heavy atom. The number of para-hydroxylation sites is 1. The molecule has 160 valence electrons. The van der Waals surface area contributed by atoms with Crippen molar-refractivity contribution in [1.82, 2.24) is 15.2 Å². The molecule has 0 saturated heterocycles. The maximum absolute atomic E-state index is 6.37. The number of rotatable bonds is 5. The summed E-state index contributed by atoms with van der Waals surface area (Å²) in [4.78, 5) is 6.80. The lowest BCUT2D eigenvalue weighted by molar-refractivity contribution is 0.225. The van der Waals surface area contributed by atoms with E-state index in [1.165, 1.54) is 5.56 Å². The van der Waals surface area contributed by atoms with E-state index in [0.29, 0.717) is 16.7 Å². The second-order valence-electron chi connectivity index (χ2n) is 7.70. The molecular formula is C25H23N5OS. The lowest BCUT2D eigenvalue weighted by Gasteiger charge is -2.20. The molecule has 2 heterocycles. The van der Waals surface area contributed by atoms with Gasteiger partial charge in [-0.2, -0.15) is 4.98 Å². The third kappa shape index (κ3) is 4.24. The molecule has 0 saturated carbocycles. The van der Waals surface area contributed by atoms with Crippen molar-refractivity contribution < 1.29 is 4.74 Å². The van der Waals surface area contributed by atoms with Crippen molar-refractivity contribution in [3.8, 4) is 17.1 Å². The van der Waals surface area contributed by atoms with Crippen molar-refractivity contribution >= 4 is 23.1 Å². The highest BCUT2D eigenvalue weighted by Gasteiger charge is 2.26. The van der Waals surface area contributed by atoms with Gasteiger partial charge in [0.25, 0.3) is 0 Å². The summed E-state index contributed by atoms with van der Waals surface area (Å²) in [5.41, 5.74) is 5.86. The maximum Gasteiger partial charge on any atom is 0.247 e. The SMILES string of the molecule is CN(C)c1ccc([C@@H]2Nc3ccccc3-c3nnc(SCc4ccccc4)nc3O2)cc1. The largest absolute Gasteiger partial charge is 0.448 e. The Kier molecular flexibility index (Phi) is 5.64. The number of fused-ring (bicyclic) bond motifs is 3. The molecule has 5 rings (SSSR count). The number of aromatic nitrogens is 3. The lowest BCUT2D eigenvalue weighted by Crippen LogP contribution is -2.17. The Balaban J connectivity index is 1.48. The van der Waals surface area contributed by atoms with Crippen molar-refractivity contribution in [2.75, 3.05) is 24.3 Å². The van der Waals surface area contributed by atoms with Gasteiger partial charge in [-0.15, -0.1) is 10.2 Å². The van der Waals surface area contributed by atoms with E-state index in [1.54, 1.807) is 11.8 Å². The standard InChI is InChI=1S/C25H23N5OS/c1-30(2)19-14-12-18(13-15-19)23-26-21-11-7-6-10-20(21)22-24(31-23)27-25(29-28-22)32-16-17-8-4-3-5-9-17/h3-15,23,26H,16H2,1-2H3/t23-/m1/s1. The Labute approximate surface area is 191 Å². The Bertz CT molecular complexity index is 1210. The Hall–Kier alpha value is -3.58. The molecule has 1 atom stereocenters. The number of nitrogens with one attached hydrogen (secondary N) is 1. The van der Waals surface area contributed by atoms with Crippen molar-refractivity contribution in [2.45, 2.75) is 17.1 Å². The van der Waals surface area contributed by atoms with Crippen molar-refractivity contribution in [3.05, 3.63) is 90.0 Å². The second kappa shape index (κ2) is 8.88. The molecule has 1 aromatic heterocycles. The first-order valence-electron chi connectivity index (χ1n) is 10.4. The third-order valence-corrected chi connectivity index (χ3v) is 6.17. The van der Waals surface area contributed by atoms with Gasteiger partial charge in [0.2, 0.25) is 11.0 Å². The van der Waals surface area contributed by atoms with E-state index in [1.807, 2.05) is 56.6 Å². The molecule has 0 amide bonds. The molecule has 1 aliphatic rings. The first-order valence-corrected chi connectivity index (χ1v) is 11.4. The molecular weight excluding hydrogens is 418 g/mol. The summed E-state index contributed by atoms with van der Waals surface area (Å²) in [6, 6.07) is 26.6. The van der Waals surface area contributed by atoms with E-state index in [-0.39, 0.29) is 0 Å². The number of thioether (sulfide) groups is 1. The summed E-state index contributed by atoms with van der Waals surface area (Å²) in [5.74, 6) is 1.25. The van der Waals surface area contributed by atoms with E-state index >= 15 is 0 Å². The van der Waals surface area contributed by atoms with Gasteiger partial charge in [-0.05, 0) is 23.8 Å². The van der Waals surface area contributed by atoms with E-state index in [4.69, 9.17) is 9.72 Å². The molecule has 7 heteroatoms. The van der Waals surface area contributed by atoms with Crippen molar-refractivity contribution in [2.24, 2.45) is 0 Å². The highest BCUT2D eigenvalue weighted by molar-refractivity contribution is 7.98. The number of ether oxygens (including phenoxy) is 1. The fourth-order valence-corrected chi connectivity index (χ4v) is 4.26. The molecule has 1 aliphatic heterocycles. The van der Waals surface area contributed by atoms with Crippen LogP contribution in [0.1, 0.15) is 17.4 Å². The van der Waals surface area contributed by atoms with E-state index in [9.17, 15) is 0 Å². The third-order valence-electron chi connectivity index (χ3n) is 5.26. The van der Waals surface area contributed by atoms with Crippen molar-refractivity contribution in [1.29, 1.82) is 0 Å². The van der Waals surface area contributed by atoms with E-state index < -0.39 is 6.23 Å². The number of nitrogens with zero attached hydrogens (tertiary/aromatic N) is 4. The van der Waals surface area contributed by atoms with Gasteiger partial charge in [-0.3, -0.25) is 0 Å². The average molecular weight is 442 g/mol. The molecule has 6 nitrogen and oxygen atoms in total. The number of benzene rings is 3. The molecule has 32 heavy (non-hydrogen) atoms. The predicted molar refractivity (Wildman–Crippen MR) is 129 cm³/mol.